The van der Waals surface area contributed by atoms with Gasteiger partial charge >= 0.3 is 0 Å². The molecule has 1 aromatic carbocycles. The Hall–Kier alpha value is -2.24. The molecular weight excluding hydrogens is 256 g/mol. The minimum atomic E-state index is -0.238. The summed E-state index contributed by atoms with van der Waals surface area (Å²) in [6.45, 7) is 4.24. The van der Waals surface area contributed by atoms with Gasteiger partial charge in [0, 0.05) is 32.2 Å². The van der Waals surface area contributed by atoms with Crippen LogP contribution in [0.2, 0.25) is 0 Å². The van der Waals surface area contributed by atoms with E-state index < -0.39 is 0 Å². The molecule has 1 aromatic rings. The van der Waals surface area contributed by atoms with E-state index in [1.165, 1.54) is 0 Å². The maximum absolute atomic E-state index is 12.0. The fraction of sp³-hybridized carbons (Fsp3) is 0.429. The molecule has 6 nitrogen and oxygen atoms in total. The molecule has 1 aliphatic heterocycles. The van der Waals surface area contributed by atoms with Gasteiger partial charge in [-0.2, -0.15) is 0 Å². The summed E-state index contributed by atoms with van der Waals surface area (Å²) in [5.41, 5.74) is 2.46. The average molecular weight is 276 g/mol. The number of carbonyl (C=O) groups is 2. The van der Waals surface area contributed by atoms with Gasteiger partial charge in [0.2, 0.25) is 5.91 Å². The molecule has 1 aliphatic rings. The van der Waals surface area contributed by atoms with E-state index in [0.29, 0.717) is 12.1 Å². The summed E-state index contributed by atoms with van der Waals surface area (Å²) < 4.78 is 0. The van der Waals surface area contributed by atoms with Crippen LogP contribution in [0.5, 0.6) is 0 Å². The topological polar surface area (TPSA) is 73.5 Å². The van der Waals surface area contributed by atoms with E-state index in [1.54, 1.807) is 24.1 Å². The number of benzene rings is 1. The Balaban J connectivity index is 1.97. The molecule has 0 radical (unpaired) electrons. The van der Waals surface area contributed by atoms with Gasteiger partial charge in [0.05, 0.1) is 17.9 Å². The van der Waals surface area contributed by atoms with Gasteiger partial charge in [-0.15, -0.1) is 0 Å². The number of hydrogen-bond acceptors (Lipinski definition) is 4. The van der Waals surface area contributed by atoms with E-state index in [-0.39, 0.29) is 18.4 Å². The maximum Gasteiger partial charge on any atom is 0.251 e. The number of hydrogen-bond donors (Lipinski definition) is 3. The summed E-state index contributed by atoms with van der Waals surface area (Å²) >= 11 is 0. The normalized spacial score (nSPS) is 12.7. The molecule has 3 N–H and O–H groups in total. The van der Waals surface area contributed by atoms with Crippen LogP contribution in [0.4, 0.5) is 11.4 Å². The largest absolute Gasteiger partial charge is 0.382 e. The number of anilines is 2. The van der Waals surface area contributed by atoms with Crippen molar-refractivity contribution in [3.05, 3.63) is 23.8 Å². The third-order valence-corrected chi connectivity index (χ3v) is 3.34. The van der Waals surface area contributed by atoms with Crippen LogP contribution < -0.4 is 16.0 Å². The quantitative estimate of drug-likeness (QED) is 0.758. The molecule has 0 unspecified atom stereocenters. The lowest BCUT2D eigenvalue weighted by Crippen LogP contribution is -2.38. The fourth-order valence-electron chi connectivity index (χ4n) is 1.95. The number of rotatable bonds is 4. The first-order chi connectivity index (χ1) is 9.61. The standard InChI is InChI=1S/C14H20N4O2/c1-3-18(2)13(19)9-17-14(20)10-4-5-11-12(8-10)16-7-6-15-11/h4-5,8,15-16H,3,6-7,9H2,1-2H3,(H,17,20). The lowest BCUT2D eigenvalue weighted by Gasteiger charge is -2.20. The molecular formula is C14H20N4O2. The summed E-state index contributed by atoms with van der Waals surface area (Å²) in [4.78, 5) is 25.2. The molecule has 0 bridgehead atoms. The van der Waals surface area contributed by atoms with Crippen LogP contribution in [0.3, 0.4) is 0 Å². The molecule has 0 aromatic heterocycles. The van der Waals surface area contributed by atoms with Crippen LogP contribution in [0.25, 0.3) is 0 Å². The van der Waals surface area contributed by atoms with Crippen molar-refractivity contribution in [2.24, 2.45) is 0 Å². The Morgan fingerprint density at radius 2 is 1.95 bits per heavy atom. The first kappa shape index (κ1) is 14.2. The Labute approximate surface area is 118 Å². The Kier molecular flexibility index (Phi) is 4.45. The van der Waals surface area contributed by atoms with E-state index in [1.807, 2.05) is 13.0 Å². The number of nitrogens with zero attached hydrogens (tertiary/aromatic N) is 1. The first-order valence-corrected chi connectivity index (χ1v) is 6.75. The van der Waals surface area contributed by atoms with Gasteiger partial charge in [-0.05, 0) is 25.1 Å². The number of amides is 2. The highest BCUT2D eigenvalue weighted by atomic mass is 16.2. The second-order valence-corrected chi connectivity index (χ2v) is 4.70. The van der Waals surface area contributed by atoms with Crippen molar-refractivity contribution in [1.29, 1.82) is 0 Å². The molecule has 2 amide bonds. The highest BCUT2D eigenvalue weighted by Crippen LogP contribution is 2.25. The van der Waals surface area contributed by atoms with Crippen molar-refractivity contribution in [2.45, 2.75) is 6.92 Å². The van der Waals surface area contributed by atoms with E-state index >= 15 is 0 Å². The molecule has 0 saturated heterocycles. The van der Waals surface area contributed by atoms with Gasteiger partial charge in [-0.25, -0.2) is 0 Å². The van der Waals surface area contributed by atoms with Crippen molar-refractivity contribution >= 4 is 23.2 Å². The third-order valence-electron chi connectivity index (χ3n) is 3.34. The zero-order chi connectivity index (χ0) is 14.5. The average Bonchev–Trinajstić information content (AvgIpc) is 2.50. The molecule has 0 fully saturated rings. The zero-order valence-electron chi connectivity index (χ0n) is 11.8. The van der Waals surface area contributed by atoms with E-state index in [0.717, 1.165) is 24.5 Å². The molecule has 1 heterocycles. The maximum atomic E-state index is 12.0. The highest BCUT2D eigenvalue weighted by Gasteiger charge is 2.13. The van der Waals surface area contributed by atoms with Crippen molar-refractivity contribution in [3.63, 3.8) is 0 Å². The molecule has 108 valence electrons. The van der Waals surface area contributed by atoms with Crippen LogP contribution in [0, 0.1) is 0 Å². The van der Waals surface area contributed by atoms with Crippen molar-refractivity contribution < 1.29 is 9.59 Å². The Bertz CT molecular complexity index is 516. The third kappa shape index (κ3) is 3.20. The summed E-state index contributed by atoms with van der Waals surface area (Å²) in [6, 6.07) is 5.42. The van der Waals surface area contributed by atoms with Gasteiger partial charge in [0.25, 0.3) is 5.91 Å². The van der Waals surface area contributed by atoms with Crippen LogP contribution in [0.1, 0.15) is 17.3 Å². The lowest BCUT2D eigenvalue weighted by atomic mass is 10.1. The zero-order valence-corrected chi connectivity index (χ0v) is 11.8. The van der Waals surface area contributed by atoms with Gasteiger partial charge in [0.1, 0.15) is 0 Å². The SMILES string of the molecule is CCN(C)C(=O)CNC(=O)c1ccc2c(c1)NCCN2. The Morgan fingerprint density at radius 1 is 1.25 bits per heavy atom. The van der Waals surface area contributed by atoms with Gasteiger partial charge < -0.3 is 20.9 Å². The molecule has 0 aliphatic carbocycles. The number of fused-ring (bicyclic) bond motifs is 1. The van der Waals surface area contributed by atoms with Crippen molar-refractivity contribution in [3.8, 4) is 0 Å². The number of carbonyl (C=O) groups excluding carboxylic acids is 2. The van der Waals surface area contributed by atoms with E-state index in [2.05, 4.69) is 16.0 Å². The van der Waals surface area contributed by atoms with Crippen LogP contribution in [-0.4, -0.2) is 49.9 Å². The van der Waals surface area contributed by atoms with E-state index in [4.69, 9.17) is 0 Å². The van der Waals surface area contributed by atoms with Crippen LogP contribution in [0.15, 0.2) is 18.2 Å². The summed E-state index contributed by atoms with van der Waals surface area (Å²) in [6.07, 6.45) is 0. The summed E-state index contributed by atoms with van der Waals surface area (Å²) in [7, 11) is 1.71. The second kappa shape index (κ2) is 6.27. The number of likely N-dealkylation sites (N-methyl/N-ethyl adjacent to an activating group) is 1. The molecule has 6 heteroatoms. The molecule has 20 heavy (non-hydrogen) atoms. The van der Waals surface area contributed by atoms with Gasteiger partial charge in [-0.3, -0.25) is 9.59 Å². The minimum absolute atomic E-state index is 0.0198. The second-order valence-electron chi connectivity index (χ2n) is 4.70. The predicted molar refractivity (Wildman–Crippen MR) is 79.1 cm³/mol. The van der Waals surface area contributed by atoms with Gasteiger partial charge in [-0.1, -0.05) is 0 Å². The first-order valence-electron chi connectivity index (χ1n) is 6.75. The summed E-state index contributed by atoms with van der Waals surface area (Å²) in [5, 5.41) is 9.12. The predicted octanol–water partition coefficient (Wildman–Crippen LogP) is 0.732. The fourth-order valence-corrected chi connectivity index (χ4v) is 1.95. The molecule has 2 rings (SSSR count). The van der Waals surface area contributed by atoms with Gasteiger partial charge in [0.15, 0.2) is 0 Å². The molecule has 0 saturated carbocycles. The smallest absolute Gasteiger partial charge is 0.251 e. The molecule has 0 atom stereocenters. The minimum Gasteiger partial charge on any atom is -0.382 e. The van der Waals surface area contributed by atoms with Crippen LogP contribution in [-0.2, 0) is 4.79 Å². The number of nitrogens with one attached hydrogen (secondary N) is 3. The highest BCUT2D eigenvalue weighted by molar-refractivity contribution is 5.98. The summed E-state index contributed by atoms with van der Waals surface area (Å²) in [5.74, 6) is -0.336. The lowest BCUT2D eigenvalue weighted by molar-refractivity contribution is -0.128. The molecule has 0 spiro atoms. The van der Waals surface area contributed by atoms with Crippen molar-refractivity contribution in [2.75, 3.05) is 43.9 Å². The monoisotopic (exact) mass is 276 g/mol. The Morgan fingerprint density at radius 3 is 2.65 bits per heavy atom. The van der Waals surface area contributed by atoms with E-state index in [9.17, 15) is 9.59 Å². The van der Waals surface area contributed by atoms with Crippen LogP contribution >= 0.6 is 0 Å². The van der Waals surface area contributed by atoms with Crippen molar-refractivity contribution in [1.82, 2.24) is 10.2 Å².